The van der Waals surface area contributed by atoms with Crippen LogP contribution in [0.25, 0.3) is 5.65 Å². The zero-order chi connectivity index (χ0) is 9.10. The summed E-state index contributed by atoms with van der Waals surface area (Å²) < 4.78 is 1.98. The Morgan fingerprint density at radius 1 is 1.31 bits per heavy atom. The Morgan fingerprint density at radius 2 is 2.08 bits per heavy atom. The highest BCUT2D eigenvalue weighted by molar-refractivity contribution is 8.15. The van der Waals surface area contributed by atoms with E-state index in [0.717, 1.165) is 15.8 Å². The van der Waals surface area contributed by atoms with Crippen molar-refractivity contribution >= 4 is 29.2 Å². The maximum absolute atomic E-state index is 4.28. The molecule has 2 aromatic heterocycles. The molecule has 0 bridgehead atoms. The Kier molecular flexibility index (Phi) is 2.75. The highest BCUT2D eigenvalue weighted by Crippen LogP contribution is 2.22. The first-order valence-corrected chi connectivity index (χ1v) is 6.19. The molecule has 2 aromatic rings. The highest BCUT2D eigenvalue weighted by atomic mass is 32.2. The second-order valence-electron chi connectivity index (χ2n) is 2.44. The van der Waals surface area contributed by atoms with Crippen LogP contribution in [-0.4, -0.2) is 25.7 Å². The predicted molar refractivity (Wildman–Crippen MR) is 57.2 cm³/mol. The van der Waals surface area contributed by atoms with Crippen molar-refractivity contribution in [3.05, 3.63) is 24.8 Å². The first-order valence-electron chi connectivity index (χ1n) is 3.81. The molecule has 0 saturated carbocycles. The van der Waals surface area contributed by atoms with Gasteiger partial charge in [0, 0.05) is 29.9 Å². The van der Waals surface area contributed by atoms with E-state index < -0.39 is 0 Å². The molecule has 0 spiro atoms. The lowest BCUT2D eigenvalue weighted by molar-refractivity contribution is 1.03. The van der Waals surface area contributed by atoms with Gasteiger partial charge in [-0.05, 0) is 6.26 Å². The molecule has 0 atom stereocenters. The topological polar surface area (TPSA) is 30.2 Å². The number of hydrogen-bond acceptors (Lipinski definition) is 4. The molecule has 0 unspecified atom stereocenters. The van der Waals surface area contributed by atoms with Gasteiger partial charge in [0.1, 0.15) is 5.03 Å². The second-order valence-corrected chi connectivity index (χ2v) is 4.64. The number of thioether (sulfide) groups is 2. The van der Waals surface area contributed by atoms with Crippen molar-refractivity contribution in [1.29, 1.82) is 0 Å². The van der Waals surface area contributed by atoms with Crippen LogP contribution in [0.4, 0.5) is 0 Å². The van der Waals surface area contributed by atoms with Gasteiger partial charge in [0.25, 0.3) is 0 Å². The van der Waals surface area contributed by atoms with E-state index in [4.69, 9.17) is 0 Å². The van der Waals surface area contributed by atoms with Gasteiger partial charge in [-0.2, -0.15) is 11.8 Å². The lowest BCUT2D eigenvalue weighted by Gasteiger charge is -1.99. The monoisotopic (exact) mass is 211 g/mol. The third-order valence-corrected chi connectivity index (χ3v) is 3.57. The predicted octanol–water partition coefficient (Wildman–Crippen LogP) is 2.14. The van der Waals surface area contributed by atoms with Gasteiger partial charge in [0.2, 0.25) is 0 Å². The van der Waals surface area contributed by atoms with Crippen LogP contribution >= 0.6 is 23.5 Å². The minimum Gasteiger partial charge on any atom is -0.303 e. The van der Waals surface area contributed by atoms with Crippen molar-refractivity contribution in [2.24, 2.45) is 0 Å². The van der Waals surface area contributed by atoms with Crippen molar-refractivity contribution in [3.63, 3.8) is 0 Å². The average Bonchev–Trinajstić information content (AvgIpc) is 2.62. The van der Waals surface area contributed by atoms with Crippen molar-refractivity contribution in [1.82, 2.24) is 14.4 Å². The zero-order valence-corrected chi connectivity index (χ0v) is 8.81. The molecule has 0 N–H and O–H groups in total. The van der Waals surface area contributed by atoms with Crippen LogP contribution < -0.4 is 0 Å². The van der Waals surface area contributed by atoms with Crippen molar-refractivity contribution in [2.45, 2.75) is 5.03 Å². The van der Waals surface area contributed by atoms with Gasteiger partial charge in [-0.25, -0.2) is 9.97 Å². The van der Waals surface area contributed by atoms with Crippen LogP contribution in [0.1, 0.15) is 0 Å². The molecule has 0 fully saturated rings. The molecular weight excluding hydrogens is 202 g/mol. The number of aromatic nitrogens is 3. The summed E-state index contributed by atoms with van der Waals surface area (Å²) in [6, 6.07) is 0. The van der Waals surface area contributed by atoms with E-state index in [-0.39, 0.29) is 0 Å². The normalized spacial score (nSPS) is 10.8. The smallest absolute Gasteiger partial charge is 0.169 e. The Bertz CT molecular complexity index is 399. The minimum absolute atomic E-state index is 0.946. The second kappa shape index (κ2) is 4.02. The fraction of sp³-hybridized carbons (Fsp3) is 0.250. The van der Waals surface area contributed by atoms with Gasteiger partial charge < -0.3 is 4.40 Å². The molecule has 3 nitrogen and oxygen atoms in total. The maximum Gasteiger partial charge on any atom is 0.169 e. The van der Waals surface area contributed by atoms with Crippen LogP contribution in [-0.2, 0) is 0 Å². The van der Waals surface area contributed by atoms with Crippen LogP contribution in [0, 0.1) is 0 Å². The Hall–Kier alpha value is -0.680. The van der Waals surface area contributed by atoms with Crippen molar-refractivity contribution < 1.29 is 0 Å². The molecule has 0 radical (unpaired) electrons. The van der Waals surface area contributed by atoms with Gasteiger partial charge in [-0.15, -0.1) is 0 Å². The van der Waals surface area contributed by atoms with Gasteiger partial charge in [0.05, 0.1) is 0 Å². The molecule has 2 rings (SSSR count). The Labute approximate surface area is 85.0 Å². The number of nitrogens with zero attached hydrogens (tertiary/aromatic N) is 3. The summed E-state index contributed by atoms with van der Waals surface area (Å²) in [6.45, 7) is 0. The fourth-order valence-electron chi connectivity index (χ4n) is 1.05. The van der Waals surface area contributed by atoms with Crippen LogP contribution in [0.2, 0.25) is 0 Å². The molecule has 0 aliphatic rings. The molecule has 5 heteroatoms. The van der Waals surface area contributed by atoms with Gasteiger partial charge >= 0.3 is 0 Å². The molecule has 0 aliphatic heterocycles. The van der Waals surface area contributed by atoms with Crippen molar-refractivity contribution in [2.75, 3.05) is 11.3 Å². The van der Waals surface area contributed by atoms with Gasteiger partial charge in [-0.3, -0.25) is 0 Å². The van der Waals surface area contributed by atoms with Gasteiger partial charge in [0.15, 0.2) is 5.65 Å². The summed E-state index contributed by atoms with van der Waals surface area (Å²) in [5.74, 6) is 0. The molecular formula is C8H9N3S2. The lowest BCUT2D eigenvalue weighted by Crippen LogP contribution is -1.89. The number of hydrogen-bond donors (Lipinski definition) is 0. The third-order valence-electron chi connectivity index (χ3n) is 1.59. The van der Waals surface area contributed by atoms with E-state index in [1.807, 2.05) is 16.8 Å². The molecule has 0 saturated heterocycles. The largest absolute Gasteiger partial charge is 0.303 e. The first-order chi connectivity index (χ1) is 6.42. The van der Waals surface area contributed by atoms with Crippen LogP contribution in [0.15, 0.2) is 29.8 Å². The summed E-state index contributed by atoms with van der Waals surface area (Å²) in [7, 11) is 0. The molecule has 0 amide bonds. The zero-order valence-electron chi connectivity index (χ0n) is 7.17. The minimum atomic E-state index is 0.946. The van der Waals surface area contributed by atoms with E-state index >= 15 is 0 Å². The maximum atomic E-state index is 4.28. The first kappa shape index (κ1) is 8.90. The molecule has 2 heterocycles. The molecule has 13 heavy (non-hydrogen) atoms. The molecule has 0 aliphatic carbocycles. The van der Waals surface area contributed by atoms with Crippen LogP contribution in [0.5, 0.6) is 0 Å². The Balaban J connectivity index is 2.37. The number of fused-ring (bicyclic) bond motifs is 1. The van der Waals surface area contributed by atoms with E-state index in [2.05, 4.69) is 16.2 Å². The standard InChI is InChI=1S/C8H9N3S2/c1-12-6-13-8-7-9-2-4-11(7)5-3-10-8/h2-5H,6H2,1H3. The number of rotatable bonds is 3. The molecule has 68 valence electrons. The summed E-state index contributed by atoms with van der Waals surface area (Å²) in [5, 5.41) is 2.02. The van der Waals surface area contributed by atoms with E-state index in [0.29, 0.717) is 0 Å². The van der Waals surface area contributed by atoms with Crippen molar-refractivity contribution in [3.8, 4) is 0 Å². The van der Waals surface area contributed by atoms with E-state index in [1.54, 1.807) is 35.9 Å². The number of imidazole rings is 1. The summed E-state index contributed by atoms with van der Waals surface area (Å²) >= 11 is 3.52. The fourth-order valence-corrected chi connectivity index (χ4v) is 2.39. The summed E-state index contributed by atoms with van der Waals surface area (Å²) in [4.78, 5) is 8.52. The SMILES string of the molecule is CSCSc1nccn2ccnc12. The summed E-state index contributed by atoms with van der Waals surface area (Å²) in [5.41, 5.74) is 0.946. The third kappa shape index (κ3) is 1.81. The lowest BCUT2D eigenvalue weighted by atomic mass is 10.7. The average molecular weight is 211 g/mol. The van der Waals surface area contributed by atoms with E-state index in [1.165, 1.54) is 0 Å². The quantitative estimate of drug-likeness (QED) is 0.575. The van der Waals surface area contributed by atoms with E-state index in [9.17, 15) is 0 Å². The van der Waals surface area contributed by atoms with Crippen LogP contribution in [0.3, 0.4) is 0 Å². The highest BCUT2D eigenvalue weighted by Gasteiger charge is 2.02. The Morgan fingerprint density at radius 3 is 2.85 bits per heavy atom. The summed E-state index contributed by atoms with van der Waals surface area (Å²) in [6.07, 6.45) is 9.52. The van der Waals surface area contributed by atoms with Gasteiger partial charge in [-0.1, -0.05) is 11.8 Å². The molecule has 0 aromatic carbocycles.